The van der Waals surface area contributed by atoms with E-state index in [1.54, 1.807) is 13.0 Å². The van der Waals surface area contributed by atoms with Gasteiger partial charge >= 0.3 is 0 Å². The number of hydrogen-bond acceptors (Lipinski definition) is 5. The van der Waals surface area contributed by atoms with Crippen molar-refractivity contribution >= 4 is 17.7 Å². The van der Waals surface area contributed by atoms with Crippen LogP contribution >= 0.6 is 0 Å². The van der Waals surface area contributed by atoms with Crippen LogP contribution < -0.4 is 5.32 Å². The first-order chi connectivity index (χ1) is 11.6. The second-order valence-corrected chi connectivity index (χ2v) is 5.82. The van der Waals surface area contributed by atoms with E-state index in [4.69, 9.17) is 4.52 Å². The Morgan fingerprint density at radius 2 is 1.88 bits per heavy atom. The van der Waals surface area contributed by atoms with Gasteiger partial charge in [-0.25, -0.2) is 0 Å². The van der Waals surface area contributed by atoms with E-state index < -0.39 is 0 Å². The molecule has 0 radical (unpaired) electrons. The molecule has 2 aromatic rings. The SMILES string of the molecule is Cc1cc(NC(=O)CN2CCN(C(=O)c3ccccc3)CC2)on1. The molecule has 0 bridgehead atoms. The van der Waals surface area contributed by atoms with E-state index in [0.717, 1.165) is 5.69 Å². The first-order valence-corrected chi connectivity index (χ1v) is 7.91. The Labute approximate surface area is 140 Å². The summed E-state index contributed by atoms with van der Waals surface area (Å²) in [7, 11) is 0. The number of benzene rings is 1. The van der Waals surface area contributed by atoms with Crippen molar-refractivity contribution in [3.63, 3.8) is 0 Å². The van der Waals surface area contributed by atoms with Gasteiger partial charge in [-0.05, 0) is 19.1 Å². The summed E-state index contributed by atoms with van der Waals surface area (Å²) in [5, 5.41) is 6.41. The third-order valence-corrected chi connectivity index (χ3v) is 3.94. The molecule has 0 unspecified atom stereocenters. The Hall–Kier alpha value is -2.67. The number of carbonyl (C=O) groups excluding carboxylic acids is 2. The van der Waals surface area contributed by atoms with Crippen molar-refractivity contribution in [1.29, 1.82) is 0 Å². The van der Waals surface area contributed by atoms with E-state index in [1.807, 2.05) is 40.1 Å². The average molecular weight is 328 g/mol. The Bertz CT molecular complexity index is 706. The quantitative estimate of drug-likeness (QED) is 0.917. The molecule has 7 heteroatoms. The van der Waals surface area contributed by atoms with Gasteiger partial charge in [0, 0.05) is 37.8 Å². The molecule has 126 valence electrons. The Morgan fingerprint density at radius 1 is 1.17 bits per heavy atom. The van der Waals surface area contributed by atoms with Crippen LogP contribution in [0.1, 0.15) is 16.1 Å². The molecule has 1 aromatic carbocycles. The molecule has 1 aliphatic rings. The second-order valence-electron chi connectivity index (χ2n) is 5.82. The highest BCUT2D eigenvalue weighted by Crippen LogP contribution is 2.10. The van der Waals surface area contributed by atoms with Gasteiger partial charge in [0.15, 0.2) is 0 Å². The van der Waals surface area contributed by atoms with Crippen LogP contribution in [-0.4, -0.2) is 59.5 Å². The van der Waals surface area contributed by atoms with Crippen LogP contribution in [0.25, 0.3) is 0 Å². The summed E-state index contributed by atoms with van der Waals surface area (Å²) in [6.45, 7) is 4.63. The van der Waals surface area contributed by atoms with E-state index >= 15 is 0 Å². The summed E-state index contributed by atoms with van der Waals surface area (Å²) < 4.78 is 4.97. The van der Waals surface area contributed by atoms with Crippen molar-refractivity contribution in [2.45, 2.75) is 6.92 Å². The normalized spacial score (nSPS) is 15.3. The third-order valence-electron chi connectivity index (χ3n) is 3.94. The topological polar surface area (TPSA) is 78.7 Å². The summed E-state index contributed by atoms with van der Waals surface area (Å²) in [6.07, 6.45) is 0. The molecule has 0 spiro atoms. The molecule has 1 fully saturated rings. The molecule has 7 nitrogen and oxygen atoms in total. The highest BCUT2D eigenvalue weighted by molar-refractivity contribution is 5.94. The zero-order valence-corrected chi connectivity index (χ0v) is 13.6. The predicted octanol–water partition coefficient (Wildman–Crippen LogP) is 1.38. The average Bonchev–Trinajstić information content (AvgIpc) is 3.00. The second kappa shape index (κ2) is 7.27. The molecule has 1 saturated heterocycles. The number of nitrogens with zero attached hydrogens (tertiary/aromatic N) is 3. The Balaban J connectivity index is 1.46. The molecule has 0 atom stereocenters. The van der Waals surface area contributed by atoms with Crippen molar-refractivity contribution in [3.05, 3.63) is 47.7 Å². The largest absolute Gasteiger partial charge is 0.338 e. The van der Waals surface area contributed by atoms with Crippen LogP contribution in [0, 0.1) is 6.92 Å². The van der Waals surface area contributed by atoms with Gasteiger partial charge in [-0.1, -0.05) is 23.4 Å². The number of aryl methyl sites for hydroxylation is 1. The molecule has 0 aliphatic carbocycles. The number of rotatable bonds is 4. The van der Waals surface area contributed by atoms with Crippen molar-refractivity contribution < 1.29 is 14.1 Å². The van der Waals surface area contributed by atoms with Crippen LogP contribution in [-0.2, 0) is 4.79 Å². The Morgan fingerprint density at radius 3 is 2.50 bits per heavy atom. The highest BCUT2D eigenvalue weighted by Gasteiger charge is 2.23. The lowest BCUT2D eigenvalue weighted by Gasteiger charge is -2.34. The smallest absolute Gasteiger partial charge is 0.253 e. The van der Waals surface area contributed by atoms with Crippen LogP contribution in [0.3, 0.4) is 0 Å². The van der Waals surface area contributed by atoms with Gasteiger partial charge in [-0.3, -0.25) is 19.8 Å². The first kappa shape index (κ1) is 16.2. The number of anilines is 1. The summed E-state index contributed by atoms with van der Waals surface area (Å²) >= 11 is 0. The number of aromatic nitrogens is 1. The third kappa shape index (κ3) is 3.99. The zero-order valence-electron chi connectivity index (χ0n) is 13.6. The van der Waals surface area contributed by atoms with Gasteiger partial charge in [-0.2, -0.15) is 0 Å². The molecule has 24 heavy (non-hydrogen) atoms. The molecule has 1 N–H and O–H groups in total. The summed E-state index contributed by atoms with van der Waals surface area (Å²) in [5.41, 5.74) is 1.42. The highest BCUT2D eigenvalue weighted by atomic mass is 16.5. The van der Waals surface area contributed by atoms with Gasteiger partial charge in [-0.15, -0.1) is 0 Å². The summed E-state index contributed by atoms with van der Waals surface area (Å²) in [6, 6.07) is 10.9. The molecular formula is C17H20N4O3. The van der Waals surface area contributed by atoms with Crippen LogP contribution in [0.4, 0.5) is 5.88 Å². The predicted molar refractivity (Wildman–Crippen MR) is 88.7 cm³/mol. The van der Waals surface area contributed by atoms with Crippen LogP contribution in [0.5, 0.6) is 0 Å². The van der Waals surface area contributed by atoms with E-state index in [0.29, 0.717) is 37.6 Å². The maximum Gasteiger partial charge on any atom is 0.253 e. The molecule has 1 aromatic heterocycles. The van der Waals surface area contributed by atoms with E-state index in [-0.39, 0.29) is 18.4 Å². The zero-order chi connectivity index (χ0) is 16.9. The molecule has 2 heterocycles. The van der Waals surface area contributed by atoms with E-state index in [1.165, 1.54) is 0 Å². The molecule has 2 amide bonds. The number of carbonyl (C=O) groups is 2. The summed E-state index contributed by atoms with van der Waals surface area (Å²) in [4.78, 5) is 28.2. The maximum absolute atomic E-state index is 12.4. The minimum atomic E-state index is -0.144. The number of amides is 2. The van der Waals surface area contributed by atoms with E-state index in [2.05, 4.69) is 10.5 Å². The lowest BCUT2D eigenvalue weighted by molar-refractivity contribution is -0.117. The monoisotopic (exact) mass is 328 g/mol. The van der Waals surface area contributed by atoms with Gasteiger partial charge in [0.1, 0.15) is 0 Å². The fourth-order valence-corrected chi connectivity index (χ4v) is 2.67. The van der Waals surface area contributed by atoms with Crippen molar-refractivity contribution in [2.24, 2.45) is 0 Å². The molecular weight excluding hydrogens is 308 g/mol. The fourth-order valence-electron chi connectivity index (χ4n) is 2.67. The lowest BCUT2D eigenvalue weighted by atomic mass is 10.2. The number of piperazine rings is 1. The first-order valence-electron chi connectivity index (χ1n) is 7.91. The minimum absolute atomic E-state index is 0.0387. The van der Waals surface area contributed by atoms with Crippen LogP contribution in [0.2, 0.25) is 0 Å². The number of hydrogen-bond donors (Lipinski definition) is 1. The molecule has 0 saturated carbocycles. The van der Waals surface area contributed by atoms with Gasteiger partial charge in [0.25, 0.3) is 5.91 Å². The van der Waals surface area contributed by atoms with Crippen molar-refractivity contribution in [3.8, 4) is 0 Å². The summed E-state index contributed by atoms with van der Waals surface area (Å²) in [5.74, 6) is 0.251. The van der Waals surface area contributed by atoms with Gasteiger partial charge < -0.3 is 9.42 Å². The van der Waals surface area contributed by atoms with Crippen molar-refractivity contribution in [1.82, 2.24) is 15.0 Å². The maximum atomic E-state index is 12.4. The van der Waals surface area contributed by atoms with E-state index in [9.17, 15) is 9.59 Å². The minimum Gasteiger partial charge on any atom is -0.338 e. The Kier molecular flexibility index (Phi) is 4.90. The standard InChI is InChI=1S/C17H20N4O3/c1-13-11-16(24-19-13)18-15(22)12-20-7-9-21(10-8-20)17(23)14-5-3-2-4-6-14/h2-6,11H,7-10,12H2,1H3,(H,18,22). The van der Waals surface area contributed by atoms with Gasteiger partial charge in [0.05, 0.1) is 12.2 Å². The lowest BCUT2D eigenvalue weighted by Crippen LogP contribution is -2.50. The molecule has 1 aliphatic heterocycles. The van der Waals surface area contributed by atoms with Crippen molar-refractivity contribution in [2.75, 3.05) is 38.0 Å². The van der Waals surface area contributed by atoms with Crippen LogP contribution in [0.15, 0.2) is 40.9 Å². The fraction of sp³-hybridized carbons (Fsp3) is 0.353. The molecule has 3 rings (SSSR count). The van der Waals surface area contributed by atoms with Gasteiger partial charge in [0.2, 0.25) is 11.8 Å². The number of nitrogens with one attached hydrogen (secondary N) is 1.